The fraction of sp³-hybridized carbons (Fsp3) is 0.500. The summed E-state index contributed by atoms with van der Waals surface area (Å²) in [6, 6.07) is 3.49. The second kappa shape index (κ2) is 6.29. The lowest BCUT2D eigenvalue weighted by molar-refractivity contribution is 0.0934. The largest absolute Gasteiger partial charge is 0.456 e. The Morgan fingerprint density at radius 3 is 2.46 bits per heavy atom. The average Bonchev–Trinajstić information content (AvgIpc) is 2.68. The van der Waals surface area contributed by atoms with E-state index in [2.05, 4.69) is 5.32 Å². The minimum atomic E-state index is -0.176. The monoisotopic (exact) mass is 183 g/mol. The van der Waals surface area contributed by atoms with Crippen LogP contribution in [0.1, 0.15) is 37.1 Å². The molecule has 1 amide bonds. The number of hydrogen-bond donors (Lipinski definition) is 1. The third-order valence-electron chi connectivity index (χ3n) is 1.46. The first-order chi connectivity index (χ1) is 6.27. The van der Waals surface area contributed by atoms with Crippen LogP contribution in [-0.4, -0.2) is 13.0 Å². The van der Waals surface area contributed by atoms with Gasteiger partial charge in [0.1, 0.15) is 5.76 Å². The second-order valence-electron chi connectivity index (χ2n) is 2.20. The number of rotatable bonds is 2. The topological polar surface area (TPSA) is 42.2 Å². The van der Waals surface area contributed by atoms with Crippen molar-refractivity contribution in [2.75, 3.05) is 7.05 Å². The van der Waals surface area contributed by atoms with Crippen molar-refractivity contribution in [2.45, 2.75) is 27.2 Å². The summed E-state index contributed by atoms with van der Waals surface area (Å²) in [6.07, 6.45) is 0.816. The van der Waals surface area contributed by atoms with Gasteiger partial charge < -0.3 is 9.73 Å². The van der Waals surface area contributed by atoms with Crippen LogP contribution in [0.5, 0.6) is 0 Å². The van der Waals surface area contributed by atoms with Crippen molar-refractivity contribution in [3.8, 4) is 0 Å². The summed E-state index contributed by atoms with van der Waals surface area (Å²) in [6.45, 7) is 5.98. The van der Waals surface area contributed by atoms with E-state index in [-0.39, 0.29) is 5.91 Å². The molecule has 0 radical (unpaired) electrons. The molecule has 0 aromatic carbocycles. The van der Waals surface area contributed by atoms with Gasteiger partial charge in [-0.1, -0.05) is 20.8 Å². The van der Waals surface area contributed by atoms with Crippen LogP contribution >= 0.6 is 0 Å². The zero-order valence-corrected chi connectivity index (χ0v) is 8.68. The Kier molecular flexibility index (Phi) is 5.68. The summed E-state index contributed by atoms with van der Waals surface area (Å²) in [4.78, 5) is 10.9. The van der Waals surface area contributed by atoms with Gasteiger partial charge in [0, 0.05) is 13.5 Å². The molecule has 1 heterocycles. The summed E-state index contributed by atoms with van der Waals surface area (Å²) in [5.41, 5.74) is 0. The van der Waals surface area contributed by atoms with E-state index in [4.69, 9.17) is 4.42 Å². The highest BCUT2D eigenvalue weighted by molar-refractivity contribution is 5.91. The minimum absolute atomic E-state index is 0.176. The number of carbonyl (C=O) groups is 1. The van der Waals surface area contributed by atoms with Crippen LogP contribution in [0.15, 0.2) is 16.5 Å². The molecule has 0 saturated heterocycles. The van der Waals surface area contributed by atoms with E-state index in [1.807, 2.05) is 26.8 Å². The number of hydrogen-bond acceptors (Lipinski definition) is 2. The Hall–Kier alpha value is -1.25. The maximum Gasteiger partial charge on any atom is 0.286 e. The van der Waals surface area contributed by atoms with Gasteiger partial charge in [0.25, 0.3) is 5.91 Å². The lowest BCUT2D eigenvalue weighted by Crippen LogP contribution is -2.16. The van der Waals surface area contributed by atoms with E-state index < -0.39 is 0 Å². The van der Waals surface area contributed by atoms with Crippen molar-refractivity contribution >= 4 is 5.91 Å². The van der Waals surface area contributed by atoms with E-state index >= 15 is 0 Å². The Balaban J connectivity index is 0.000000671. The molecule has 0 aliphatic rings. The molecule has 13 heavy (non-hydrogen) atoms. The molecule has 3 heteroatoms. The molecule has 3 nitrogen and oxygen atoms in total. The Labute approximate surface area is 79.1 Å². The first kappa shape index (κ1) is 11.8. The van der Waals surface area contributed by atoms with Gasteiger partial charge in [0.15, 0.2) is 5.76 Å². The van der Waals surface area contributed by atoms with Crippen LogP contribution in [0.4, 0.5) is 0 Å². The summed E-state index contributed by atoms with van der Waals surface area (Å²) in [5, 5.41) is 2.49. The number of amides is 1. The molecule has 74 valence electrons. The van der Waals surface area contributed by atoms with Crippen molar-refractivity contribution in [1.82, 2.24) is 5.32 Å². The SMILES string of the molecule is CC.CCc1ccc(C(=O)NC)o1. The van der Waals surface area contributed by atoms with Gasteiger partial charge in [-0.3, -0.25) is 4.79 Å². The summed E-state index contributed by atoms with van der Waals surface area (Å²) in [7, 11) is 1.58. The van der Waals surface area contributed by atoms with Gasteiger partial charge in [-0.25, -0.2) is 0 Å². The molecule has 1 rings (SSSR count). The van der Waals surface area contributed by atoms with Gasteiger partial charge in [0.2, 0.25) is 0 Å². The highest BCUT2D eigenvalue weighted by Crippen LogP contribution is 2.07. The molecule has 0 aliphatic heterocycles. The maximum absolute atomic E-state index is 10.9. The van der Waals surface area contributed by atoms with Crippen molar-refractivity contribution in [3.63, 3.8) is 0 Å². The number of carbonyl (C=O) groups excluding carboxylic acids is 1. The molecule has 1 aromatic heterocycles. The highest BCUT2D eigenvalue weighted by atomic mass is 16.3. The zero-order valence-electron chi connectivity index (χ0n) is 8.68. The minimum Gasteiger partial charge on any atom is -0.456 e. The zero-order chi connectivity index (χ0) is 10.3. The standard InChI is InChI=1S/C8H11NO2.C2H6/c1-3-6-4-5-7(11-6)8(10)9-2;1-2/h4-5H,3H2,1-2H3,(H,9,10);1-2H3. The molecule has 0 atom stereocenters. The second-order valence-corrected chi connectivity index (χ2v) is 2.20. The summed E-state index contributed by atoms with van der Waals surface area (Å²) in [5.74, 6) is 1.04. The van der Waals surface area contributed by atoms with Crippen LogP contribution in [0.2, 0.25) is 0 Å². The first-order valence-electron chi connectivity index (χ1n) is 4.58. The van der Waals surface area contributed by atoms with Gasteiger partial charge >= 0.3 is 0 Å². The van der Waals surface area contributed by atoms with Gasteiger partial charge in [-0.05, 0) is 12.1 Å². The van der Waals surface area contributed by atoms with E-state index in [0.29, 0.717) is 5.76 Å². The van der Waals surface area contributed by atoms with Crippen LogP contribution in [0.3, 0.4) is 0 Å². The Morgan fingerprint density at radius 2 is 2.08 bits per heavy atom. The van der Waals surface area contributed by atoms with E-state index in [9.17, 15) is 4.79 Å². The molecule has 1 N–H and O–H groups in total. The lowest BCUT2D eigenvalue weighted by atomic mass is 10.3. The van der Waals surface area contributed by atoms with Crippen LogP contribution in [0, 0.1) is 0 Å². The molecule has 0 saturated carbocycles. The first-order valence-corrected chi connectivity index (χ1v) is 4.58. The molecular formula is C10H17NO2. The van der Waals surface area contributed by atoms with Crippen molar-refractivity contribution in [3.05, 3.63) is 23.7 Å². The van der Waals surface area contributed by atoms with E-state index in [0.717, 1.165) is 12.2 Å². The number of aryl methyl sites for hydroxylation is 1. The Bertz CT molecular complexity index is 253. The van der Waals surface area contributed by atoms with Crippen molar-refractivity contribution in [1.29, 1.82) is 0 Å². The third kappa shape index (κ3) is 3.32. The molecule has 0 unspecified atom stereocenters. The fourth-order valence-corrected chi connectivity index (χ4v) is 0.813. The van der Waals surface area contributed by atoms with Crippen LogP contribution in [0.25, 0.3) is 0 Å². The molecule has 0 fully saturated rings. The molecule has 0 aliphatic carbocycles. The third-order valence-corrected chi connectivity index (χ3v) is 1.46. The quantitative estimate of drug-likeness (QED) is 0.764. The normalized spacial score (nSPS) is 8.62. The van der Waals surface area contributed by atoms with Crippen LogP contribution < -0.4 is 5.32 Å². The smallest absolute Gasteiger partial charge is 0.286 e. The average molecular weight is 183 g/mol. The maximum atomic E-state index is 10.9. The van der Waals surface area contributed by atoms with Gasteiger partial charge in [0.05, 0.1) is 0 Å². The molecule has 1 aromatic rings. The highest BCUT2D eigenvalue weighted by Gasteiger charge is 2.06. The Morgan fingerprint density at radius 1 is 1.46 bits per heavy atom. The predicted molar refractivity (Wildman–Crippen MR) is 52.8 cm³/mol. The van der Waals surface area contributed by atoms with Gasteiger partial charge in [-0.2, -0.15) is 0 Å². The summed E-state index contributed by atoms with van der Waals surface area (Å²) < 4.78 is 5.17. The van der Waals surface area contributed by atoms with E-state index in [1.165, 1.54) is 0 Å². The number of nitrogens with one attached hydrogen (secondary N) is 1. The van der Waals surface area contributed by atoms with E-state index in [1.54, 1.807) is 13.1 Å². The van der Waals surface area contributed by atoms with Gasteiger partial charge in [-0.15, -0.1) is 0 Å². The van der Waals surface area contributed by atoms with Crippen molar-refractivity contribution in [2.24, 2.45) is 0 Å². The van der Waals surface area contributed by atoms with Crippen molar-refractivity contribution < 1.29 is 9.21 Å². The van der Waals surface area contributed by atoms with Crippen LogP contribution in [-0.2, 0) is 6.42 Å². The predicted octanol–water partition coefficient (Wildman–Crippen LogP) is 2.23. The molecular weight excluding hydrogens is 166 g/mol. The lowest BCUT2D eigenvalue weighted by Gasteiger charge is -1.92. The number of furan rings is 1. The fourth-order valence-electron chi connectivity index (χ4n) is 0.813. The summed E-state index contributed by atoms with van der Waals surface area (Å²) >= 11 is 0. The molecule has 0 spiro atoms. The molecule has 0 bridgehead atoms.